The molecule has 124 valence electrons. The normalized spacial score (nSPS) is 11.4. The molecule has 0 saturated heterocycles. The molecule has 0 radical (unpaired) electrons. The van der Waals surface area contributed by atoms with E-state index in [0.717, 1.165) is 11.1 Å². The summed E-state index contributed by atoms with van der Waals surface area (Å²) >= 11 is 0. The third-order valence-electron chi connectivity index (χ3n) is 4.57. The maximum absolute atomic E-state index is 4.26. The van der Waals surface area contributed by atoms with Crippen molar-refractivity contribution in [3.8, 4) is 11.1 Å². The van der Waals surface area contributed by atoms with Crippen LogP contribution < -0.4 is 0 Å². The average molecular weight is 324 g/mol. The lowest BCUT2D eigenvalue weighted by atomic mass is 9.96. The first-order valence-electron chi connectivity index (χ1n) is 8.65. The summed E-state index contributed by atoms with van der Waals surface area (Å²) in [6.07, 6.45) is 2.17. The average Bonchev–Trinajstić information content (AvgIpc) is 2.62. The Morgan fingerprint density at radius 1 is 0.800 bits per heavy atom. The molecule has 0 heterocycles. The molecule has 0 bridgehead atoms. The lowest BCUT2D eigenvalue weighted by Gasteiger charge is -2.09. The number of hydrogen-bond acceptors (Lipinski definition) is 0. The van der Waals surface area contributed by atoms with E-state index in [-0.39, 0.29) is 0 Å². The van der Waals surface area contributed by atoms with Crippen LogP contribution in [0.2, 0.25) is 0 Å². The Bertz CT molecular complexity index is 924. The summed E-state index contributed by atoms with van der Waals surface area (Å²) in [6.45, 7) is 10.7. The summed E-state index contributed by atoms with van der Waals surface area (Å²) in [5.74, 6) is 0. The molecule has 3 rings (SSSR count). The highest BCUT2D eigenvalue weighted by atomic mass is 14.1. The molecule has 3 aromatic carbocycles. The molecule has 25 heavy (non-hydrogen) atoms. The van der Waals surface area contributed by atoms with E-state index in [1.165, 1.54) is 33.4 Å². The van der Waals surface area contributed by atoms with Crippen molar-refractivity contribution in [3.05, 3.63) is 108 Å². The number of hydrogen-bond donors (Lipinski definition) is 0. The molecule has 0 aliphatic heterocycles. The molecular formula is C25H24. The topological polar surface area (TPSA) is 0 Å². The second-order valence-electron chi connectivity index (χ2n) is 6.61. The van der Waals surface area contributed by atoms with Crippen LogP contribution in [0.1, 0.15) is 29.2 Å². The van der Waals surface area contributed by atoms with Crippen LogP contribution >= 0.6 is 0 Å². The zero-order valence-electron chi connectivity index (χ0n) is 15.2. The van der Waals surface area contributed by atoms with Crippen LogP contribution in [0.3, 0.4) is 0 Å². The summed E-state index contributed by atoms with van der Waals surface area (Å²) in [7, 11) is 0. The third kappa shape index (κ3) is 3.97. The molecule has 0 atom stereocenters. The van der Waals surface area contributed by atoms with Crippen molar-refractivity contribution < 1.29 is 0 Å². The van der Waals surface area contributed by atoms with Gasteiger partial charge in [0.15, 0.2) is 0 Å². The first-order chi connectivity index (χ1) is 12.0. The van der Waals surface area contributed by atoms with Gasteiger partial charge in [0.25, 0.3) is 0 Å². The Morgan fingerprint density at radius 3 is 2.20 bits per heavy atom. The predicted molar refractivity (Wildman–Crippen MR) is 110 cm³/mol. The van der Waals surface area contributed by atoms with Gasteiger partial charge >= 0.3 is 0 Å². The van der Waals surface area contributed by atoms with E-state index in [9.17, 15) is 0 Å². The van der Waals surface area contributed by atoms with Gasteiger partial charge in [-0.1, -0.05) is 91.0 Å². The van der Waals surface area contributed by atoms with E-state index < -0.39 is 0 Å². The Balaban J connectivity index is 1.84. The second-order valence-corrected chi connectivity index (χ2v) is 6.61. The van der Waals surface area contributed by atoms with E-state index >= 15 is 0 Å². The summed E-state index contributed by atoms with van der Waals surface area (Å²) in [6, 6.07) is 25.7. The van der Waals surface area contributed by atoms with Crippen LogP contribution in [-0.4, -0.2) is 0 Å². The van der Waals surface area contributed by atoms with Gasteiger partial charge in [0, 0.05) is 0 Å². The van der Waals surface area contributed by atoms with E-state index in [1.807, 2.05) is 0 Å². The van der Waals surface area contributed by atoms with Gasteiger partial charge < -0.3 is 0 Å². The lowest BCUT2D eigenvalue weighted by Crippen LogP contribution is -1.87. The third-order valence-corrected chi connectivity index (χ3v) is 4.57. The maximum Gasteiger partial charge on any atom is -0.0181 e. The molecule has 0 nitrogen and oxygen atoms in total. The first kappa shape index (κ1) is 17.0. The van der Waals surface area contributed by atoms with Crippen LogP contribution in [-0.2, 0) is 0 Å². The van der Waals surface area contributed by atoms with Crippen molar-refractivity contribution in [2.45, 2.75) is 20.8 Å². The number of allylic oxidation sites excluding steroid dienone is 3. The highest BCUT2D eigenvalue weighted by Gasteiger charge is 2.03. The quantitative estimate of drug-likeness (QED) is 0.449. The van der Waals surface area contributed by atoms with Crippen molar-refractivity contribution in [2.75, 3.05) is 0 Å². The first-order valence-corrected chi connectivity index (χ1v) is 8.65. The largest absolute Gasteiger partial charge is 0.0911 e. The van der Waals surface area contributed by atoms with Gasteiger partial charge in [-0.15, -0.1) is 0 Å². The molecule has 3 aromatic rings. The standard InChI is InChI=1S/C25H24/c1-18-8-7-10-24(16-18)23-14-12-22(13-15-23)20(3)17-21(4)25-11-6-5-9-19(25)2/h5-17H,3H2,1-2,4H3/b21-17-. The summed E-state index contributed by atoms with van der Waals surface area (Å²) in [5, 5.41) is 0. The van der Waals surface area contributed by atoms with Crippen LogP contribution in [0, 0.1) is 13.8 Å². The van der Waals surface area contributed by atoms with Crippen molar-refractivity contribution in [2.24, 2.45) is 0 Å². The molecule has 0 fully saturated rings. The Labute approximate surface area is 151 Å². The van der Waals surface area contributed by atoms with Gasteiger partial charge in [0.05, 0.1) is 0 Å². The molecule has 0 unspecified atom stereocenters. The van der Waals surface area contributed by atoms with E-state index in [0.29, 0.717) is 0 Å². The second kappa shape index (κ2) is 7.36. The summed E-state index contributed by atoms with van der Waals surface area (Å²) in [4.78, 5) is 0. The minimum absolute atomic E-state index is 1.04. The van der Waals surface area contributed by atoms with Crippen molar-refractivity contribution >= 4 is 11.1 Å². The zero-order chi connectivity index (χ0) is 17.8. The molecule has 0 amide bonds. The molecule has 0 N–H and O–H groups in total. The molecular weight excluding hydrogens is 300 g/mol. The molecule has 0 aliphatic rings. The Hall–Kier alpha value is -2.86. The lowest BCUT2D eigenvalue weighted by molar-refractivity contribution is 1.41. The van der Waals surface area contributed by atoms with Gasteiger partial charge in [-0.3, -0.25) is 0 Å². The highest BCUT2D eigenvalue weighted by molar-refractivity contribution is 5.83. The predicted octanol–water partition coefficient (Wildman–Crippen LogP) is 7.09. The zero-order valence-corrected chi connectivity index (χ0v) is 15.2. The number of aryl methyl sites for hydroxylation is 2. The van der Waals surface area contributed by atoms with E-state index in [2.05, 4.69) is 106 Å². The maximum atomic E-state index is 4.26. The molecule has 0 spiro atoms. The molecule has 0 heteroatoms. The molecule has 0 aromatic heterocycles. The fourth-order valence-electron chi connectivity index (χ4n) is 3.14. The number of rotatable bonds is 4. The van der Waals surface area contributed by atoms with Gasteiger partial charge in [0.1, 0.15) is 0 Å². The molecule has 0 aliphatic carbocycles. The Kier molecular flexibility index (Phi) is 5.00. The van der Waals surface area contributed by atoms with Crippen molar-refractivity contribution in [1.29, 1.82) is 0 Å². The van der Waals surface area contributed by atoms with Crippen LogP contribution in [0.5, 0.6) is 0 Å². The van der Waals surface area contributed by atoms with E-state index in [4.69, 9.17) is 0 Å². The van der Waals surface area contributed by atoms with E-state index in [1.54, 1.807) is 0 Å². The smallest absolute Gasteiger partial charge is 0.0181 e. The molecule has 0 saturated carbocycles. The van der Waals surface area contributed by atoms with Crippen LogP contribution in [0.25, 0.3) is 22.3 Å². The monoisotopic (exact) mass is 324 g/mol. The summed E-state index contributed by atoms with van der Waals surface area (Å²) in [5.41, 5.74) is 9.78. The van der Waals surface area contributed by atoms with Gasteiger partial charge in [-0.05, 0) is 59.7 Å². The van der Waals surface area contributed by atoms with Gasteiger partial charge in [0.2, 0.25) is 0 Å². The van der Waals surface area contributed by atoms with Gasteiger partial charge in [-0.2, -0.15) is 0 Å². The highest BCUT2D eigenvalue weighted by Crippen LogP contribution is 2.26. The van der Waals surface area contributed by atoms with Gasteiger partial charge in [-0.25, -0.2) is 0 Å². The number of benzene rings is 3. The van der Waals surface area contributed by atoms with Crippen molar-refractivity contribution in [1.82, 2.24) is 0 Å². The Morgan fingerprint density at radius 2 is 1.52 bits per heavy atom. The van der Waals surface area contributed by atoms with Crippen LogP contribution in [0.15, 0.2) is 85.5 Å². The van der Waals surface area contributed by atoms with Crippen LogP contribution in [0.4, 0.5) is 0 Å². The fraction of sp³-hybridized carbons (Fsp3) is 0.120. The fourth-order valence-corrected chi connectivity index (χ4v) is 3.14. The minimum Gasteiger partial charge on any atom is -0.0911 e. The minimum atomic E-state index is 1.04. The SMILES string of the molecule is C=C(/C=C(/C)c1ccccc1C)c1ccc(-c2cccc(C)c2)cc1. The summed E-state index contributed by atoms with van der Waals surface area (Å²) < 4.78 is 0. The van der Waals surface area contributed by atoms with Crippen molar-refractivity contribution in [3.63, 3.8) is 0 Å².